The SMILES string of the molecule is CCCCCCCC/C=C/CCCCCCCCOC(=O)CSCCC(=O)NC(C)(C)CS(=O)(=O)[O-].[Na+]. The zero-order chi connectivity index (χ0) is 27.1. The number of esters is 1. The average molecular weight is 572 g/mol. The normalized spacial score (nSPS) is 11.9. The van der Waals surface area contributed by atoms with Crippen molar-refractivity contribution in [3.63, 3.8) is 0 Å². The molecule has 37 heavy (non-hydrogen) atoms. The Bertz CT molecular complexity index is 714. The minimum atomic E-state index is -4.42. The Morgan fingerprint density at radius 3 is 1.95 bits per heavy atom. The molecule has 0 saturated carbocycles. The van der Waals surface area contributed by atoms with Crippen LogP contribution >= 0.6 is 11.8 Å². The van der Waals surface area contributed by atoms with E-state index in [9.17, 15) is 22.6 Å². The van der Waals surface area contributed by atoms with Crippen LogP contribution in [0.25, 0.3) is 0 Å². The van der Waals surface area contributed by atoms with Crippen molar-refractivity contribution in [2.75, 3.05) is 23.9 Å². The first-order valence-corrected chi connectivity index (χ1v) is 16.4. The van der Waals surface area contributed by atoms with Gasteiger partial charge in [-0.25, -0.2) is 8.42 Å². The fourth-order valence-corrected chi connectivity index (χ4v) is 5.50. The Hall–Kier alpha value is -0.0600. The van der Waals surface area contributed by atoms with Gasteiger partial charge in [-0.05, 0) is 46.0 Å². The van der Waals surface area contributed by atoms with Crippen LogP contribution in [0.2, 0.25) is 0 Å². The van der Waals surface area contributed by atoms with Gasteiger partial charge in [0.05, 0.1) is 28.2 Å². The summed E-state index contributed by atoms with van der Waals surface area (Å²) in [5.74, 6) is -0.713. The van der Waals surface area contributed by atoms with E-state index in [1.165, 1.54) is 96.2 Å². The van der Waals surface area contributed by atoms with E-state index in [1.807, 2.05) is 0 Å². The fraction of sp³-hybridized carbons (Fsp3) is 0.852. The van der Waals surface area contributed by atoms with Gasteiger partial charge in [-0.1, -0.05) is 76.9 Å². The Labute approximate surface area is 253 Å². The molecule has 0 aromatic carbocycles. The summed E-state index contributed by atoms with van der Waals surface area (Å²) in [7, 11) is -4.42. The molecule has 0 aromatic heterocycles. The maximum atomic E-state index is 11.9. The summed E-state index contributed by atoms with van der Waals surface area (Å²) in [6.45, 7) is 5.66. The molecule has 212 valence electrons. The van der Waals surface area contributed by atoms with Crippen LogP contribution in [-0.4, -0.2) is 54.3 Å². The predicted octanol–water partition coefficient (Wildman–Crippen LogP) is 3.13. The van der Waals surface area contributed by atoms with Crippen molar-refractivity contribution in [1.82, 2.24) is 5.32 Å². The fourth-order valence-electron chi connectivity index (χ4n) is 3.82. The van der Waals surface area contributed by atoms with Crippen molar-refractivity contribution in [2.24, 2.45) is 0 Å². The van der Waals surface area contributed by atoms with Crippen LogP contribution in [0, 0.1) is 0 Å². The Balaban J connectivity index is 0. The molecular formula is C27H50NNaO6S2. The number of ether oxygens (including phenoxy) is 1. The molecule has 0 fully saturated rings. The molecule has 0 aromatic rings. The summed E-state index contributed by atoms with van der Waals surface area (Å²) in [6.07, 6.45) is 22.1. The van der Waals surface area contributed by atoms with Crippen LogP contribution in [0.5, 0.6) is 0 Å². The maximum absolute atomic E-state index is 11.9. The van der Waals surface area contributed by atoms with Gasteiger partial charge >= 0.3 is 35.5 Å². The predicted molar refractivity (Wildman–Crippen MR) is 149 cm³/mol. The molecule has 0 unspecified atom stereocenters. The molecule has 0 atom stereocenters. The largest absolute Gasteiger partial charge is 1.00 e. The van der Waals surface area contributed by atoms with Gasteiger partial charge in [-0.15, -0.1) is 11.8 Å². The van der Waals surface area contributed by atoms with E-state index in [1.54, 1.807) is 0 Å². The van der Waals surface area contributed by atoms with E-state index in [4.69, 9.17) is 4.74 Å². The van der Waals surface area contributed by atoms with E-state index >= 15 is 0 Å². The first kappa shape index (κ1) is 39.1. The molecular weight excluding hydrogens is 521 g/mol. The van der Waals surface area contributed by atoms with Gasteiger partial charge in [0.1, 0.15) is 0 Å². The number of unbranched alkanes of at least 4 members (excludes halogenated alkanes) is 12. The third kappa shape index (κ3) is 30.3. The van der Waals surface area contributed by atoms with Crippen LogP contribution in [0.4, 0.5) is 0 Å². The maximum Gasteiger partial charge on any atom is 1.00 e. The van der Waals surface area contributed by atoms with Crippen molar-refractivity contribution >= 4 is 33.8 Å². The van der Waals surface area contributed by atoms with Gasteiger partial charge in [0.2, 0.25) is 5.91 Å². The van der Waals surface area contributed by atoms with E-state index in [0.29, 0.717) is 12.4 Å². The average Bonchev–Trinajstić information content (AvgIpc) is 2.76. The first-order chi connectivity index (χ1) is 17.1. The second-order valence-electron chi connectivity index (χ2n) is 10.1. The van der Waals surface area contributed by atoms with E-state index in [0.717, 1.165) is 19.3 Å². The second kappa shape index (κ2) is 24.9. The van der Waals surface area contributed by atoms with Gasteiger partial charge in [0, 0.05) is 17.7 Å². The van der Waals surface area contributed by atoms with Crippen molar-refractivity contribution in [2.45, 2.75) is 123 Å². The number of rotatable bonds is 24. The van der Waals surface area contributed by atoms with Gasteiger partial charge in [-0.2, -0.15) is 0 Å². The topological polar surface area (TPSA) is 113 Å². The Morgan fingerprint density at radius 1 is 0.892 bits per heavy atom. The van der Waals surface area contributed by atoms with Gasteiger partial charge < -0.3 is 14.6 Å². The van der Waals surface area contributed by atoms with Crippen molar-refractivity contribution in [3.05, 3.63) is 12.2 Å². The molecule has 0 aliphatic carbocycles. The van der Waals surface area contributed by atoms with Crippen LogP contribution in [0.1, 0.15) is 117 Å². The van der Waals surface area contributed by atoms with Gasteiger partial charge in [0.25, 0.3) is 0 Å². The molecule has 0 heterocycles. The van der Waals surface area contributed by atoms with Crippen molar-refractivity contribution in [1.29, 1.82) is 0 Å². The molecule has 0 radical (unpaired) electrons. The molecule has 0 spiro atoms. The second-order valence-corrected chi connectivity index (χ2v) is 12.6. The number of hydrogen-bond acceptors (Lipinski definition) is 7. The molecule has 0 rings (SSSR count). The standard InChI is InChI=1S/C27H51NO6S2.Na/c1-4-5-6-7-8-9-10-11-12-13-14-15-16-17-18-19-21-34-26(30)23-35-22-20-25(29)28-27(2,3)24-36(31,32)33;/h11-12H,4-10,13-24H2,1-3H3,(H,28,29)(H,31,32,33);/q;+1/p-1/b12-11+;. The smallest absolute Gasteiger partial charge is 0.748 e. The number of carbonyl (C=O) groups excluding carboxylic acids is 2. The summed E-state index contributed by atoms with van der Waals surface area (Å²) < 4.78 is 37.8. The van der Waals surface area contributed by atoms with Crippen molar-refractivity contribution in [3.8, 4) is 0 Å². The zero-order valence-electron chi connectivity index (χ0n) is 23.9. The van der Waals surface area contributed by atoms with Crippen LogP contribution in [0.15, 0.2) is 12.2 Å². The van der Waals surface area contributed by atoms with Gasteiger partial charge in [0.15, 0.2) is 0 Å². The third-order valence-corrected chi connectivity index (χ3v) is 7.64. The molecule has 1 N–H and O–H groups in total. The Kier molecular flexibility index (Phi) is 26.3. The molecule has 10 heteroatoms. The van der Waals surface area contributed by atoms with E-state index in [-0.39, 0.29) is 53.6 Å². The van der Waals surface area contributed by atoms with Gasteiger partial charge in [-0.3, -0.25) is 9.59 Å². The van der Waals surface area contributed by atoms with E-state index < -0.39 is 21.4 Å². The summed E-state index contributed by atoms with van der Waals surface area (Å²) in [5, 5.41) is 2.54. The first-order valence-electron chi connectivity index (χ1n) is 13.7. The van der Waals surface area contributed by atoms with Crippen LogP contribution in [-0.2, 0) is 24.4 Å². The molecule has 0 aliphatic rings. The van der Waals surface area contributed by atoms with Crippen molar-refractivity contribution < 1.29 is 56.9 Å². The summed E-state index contributed by atoms with van der Waals surface area (Å²) in [6, 6.07) is 0. The number of allylic oxidation sites excluding steroid dienone is 2. The van der Waals surface area contributed by atoms with Crippen LogP contribution in [0.3, 0.4) is 0 Å². The quantitative estimate of drug-likeness (QED) is 0.0623. The minimum absolute atomic E-state index is 0. The molecule has 0 aliphatic heterocycles. The summed E-state index contributed by atoms with van der Waals surface area (Å²) in [5.41, 5.74) is -1.12. The number of thioether (sulfide) groups is 1. The number of carbonyl (C=O) groups is 2. The molecule has 1 amide bonds. The Morgan fingerprint density at radius 2 is 1.41 bits per heavy atom. The minimum Gasteiger partial charge on any atom is -0.748 e. The number of amides is 1. The number of hydrogen-bond donors (Lipinski definition) is 1. The zero-order valence-corrected chi connectivity index (χ0v) is 27.5. The molecule has 0 saturated heterocycles. The van der Waals surface area contributed by atoms with E-state index in [2.05, 4.69) is 24.4 Å². The summed E-state index contributed by atoms with van der Waals surface area (Å²) in [4.78, 5) is 23.7. The van der Waals surface area contributed by atoms with Crippen LogP contribution < -0.4 is 34.9 Å². The monoisotopic (exact) mass is 571 g/mol. The summed E-state index contributed by atoms with van der Waals surface area (Å²) >= 11 is 1.30. The third-order valence-electron chi connectivity index (χ3n) is 5.63. The number of nitrogens with one attached hydrogen (secondary N) is 1. The molecule has 0 bridgehead atoms. The molecule has 7 nitrogen and oxygen atoms in total.